The van der Waals surface area contributed by atoms with Crippen molar-refractivity contribution < 1.29 is 18.7 Å². The lowest BCUT2D eigenvalue weighted by atomic mass is 10.1. The standard InChI is InChI=1S/C12H14FNO3/c1-3-17-11(15)7-14-12(16)9-4-8(2)5-10(13)6-9/h4-6H,3,7H2,1-2H3,(H,14,16). The summed E-state index contributed by atoms with van der Waals surface area (Å²) >= 11 is 0. The zero-order valence-corrected chi connectivity index (χ0v) is 9.75. The molecule has 1 rings (SSSR count). The second-order valence-corrected chi connectivity index (χ2v) is 3.50. The Bertz CT molecular complexity index is 412. The molecule has 0 saturated heterocycles. The van der Waals surface area contributed by atoms with Crippen LogP contribution in [-0.4, -0.2) is 25.0 Å². The third-order valence-electron chi connectivity index (χ3n) is 2.00. The van der Waals surface area contributed by atoms with E-state index in [2.05, 4.69) is 10.1 Å². The Labute approximate surface area is 98.8 Å². The first-order chi connectivity index (χ1) is 8.02. The van der Waals surface area contributed by atoms with Crippen LogP contribution in [0, 0.1) is 12.7 Å². The Hall–Kier alpha value is -1.91. The fourth-order valence-corrected chi connectivity index (χ4v) is 1.33. The lowest BCUT2D eigenvalue weighted by Crippen LogP contribution is -2.30. The normalized spacial score (nSPS) is 9.82. The zero-order valence-electron chi connectivity index (χ0n) is 9.75. The minimum atomic E-state index is -0.519. The number of nitrogens with one attached hydrogen (secondary N) is 1. The molecule has 0 saturated carbocycles. The van der Waals surface area contributed by atoms with Crippen molar-refractivity contribution in [2.24, 2.45) is 0 Å². The molecule has 92 valence electrons. The van der Waals surface area contributed by atoms with Crippen molar-refractivity contribution in [1.29, 1.82) is 0 Å². The van der Waals surface area contributed by atoms with Crippen LogP contribution in [0.25, 0.3) is 0 Å². The molecule has 4 nitrogen and oxygen atoms in total. The van der Waals surface area contributed by atoms with Gasteiger partial charge in [0.2, 0.25) is 0 Å². The van der Waals surface area contributed by atoms with Gasteiger partial charge >= 0.3 is 5.97 Å². The summed E-state index contributed by atoms with van der Waals surface area (Å²) < 4.78 is 17.7. The lowest BCUT2D eigenvalue weighted by molar-refractivity contribution is -0.141. The number of amides is 1. The number of carbonyl (C=O) groups is 2. The first-order valence-electron chi connectivity index (χ1n) is 5.24. The first-order valence-corrected chi connectivity index (χ1v) is 5.24. The van der Waals surface area contributed by atoms with Gasteiger partial charge in [-0.2, -0.15) is 0 Å². The van der Waals surface area contributed by atoms with E-state index < -0.39 is 17.7 Å². The number of hydrogen-bond donors (Lipinski definition) is 1. The first kappa shape index (κ1) is 13.2. The highest BCUT2D eigenvalue weighted by molar-refractivity contribution is 5.96. The molecule has 0 heterocycles. The molecule has 0 atom stereocenters. The molecular formula is C12H14FNO3. The Morgan fingerprint density at radius 3 is 2.65 bits per heavy atom. The van der Waals surface area contributed by atoms with Crippen LogP contribution in [0.1, 0.15) is 22.8 Å². The summed E-state index contributed by atoms with van der Waals surface area (Å²) in [5.41, 5.74) is 0.832. The molecular weight excluding hydrogens is 225 g/mol. The lowest BCUT2D eigenvalue weighted by Gasteiger charge is -2.05. The number of benzene rings is 1. The maximum Gasteiger partial charge on any atom is 0.325 e. The molecule has 0 aliphatic carbocycles. The van der Waals surface area contributed by atoms with Gasteiger partial charge in [0.25, 0.3) is 5.91 Å². The van der Waals surface area contributed by atoms with Gasteiger partial charge in [0.1, 0.15) is 12.4 Å². The van der Waals surface area contributed by atoms with Crippen molar-refractivity contribution in [1.82, 2.24) is 5.32 Å². The molecule has 0 spiro atoms. The van der Waals surface area contributed by atoms with Gasteiger partial charge < -0.3 is 10.1 Å². The van der Waals surface area contributed by atoms with E-state index in [-0.39, 0.29) is 18.7 Å². The fourth-order valence-electron chi connectivity index (χ4n) is 1.33. The number of halogens is 1. The maximum atomic E-state index is 13.0. The van der Waals surface area contributed by atoms with Gasteiger partial charge in [0.15, 0.2) is 0 Å². The summed E-state index contributed by atoms with van der Waals surface area (Å²) in [6.45, 7) is 3.40. The van der Waals surface area contributed by atoms with Crippen molar-refractivity contribution in [3.8, 4) is 0 Å². The number of aryl methyl sites for hydroxylation is 1. The summed E-state index contributed by atoms with van der Waals surface area (Å²) in [4.78, 5) is 22.6. The number of hydrogen-bond acceptors (Lipinski definition) is 3. The van der Waals surface area contributed by atoms with Crippen LogP contribution in [0.15, 0.2) is 18.2 Å². The molecule has 1 aromatic carbocycles. The molecule has 0 aromatic heterocycles. The molecule has 0 fully saturated rings. The van der Waals surface area contributed by atoms with Crippen molar-refractivity contribution >= 4 is 11.9 Å². The van der Waals surface area contributed by atoms with Crippen LogP contribution in [0.4, 0.5) is 4.39 Å². The molecule has 0 unspecified atom stereocenters. The van der Waals surface area contributed by atoms with Crippen LogP contribution >= 0.6 is 0 Å². The number of ether oxygens (including phenoxy) is 1. The predicted octanol–water partition coefficient (Wildman–Crippen LogP) is 1.43. The van der Waals surface area contributed by atoms with Gasteiger partial charge in [-0.15, -0.1) is 0 Å². The van der Waals surface area contributed by atoms with Gasteiger partial charge in [-0.3, -0.25) is 9.59 Å². The summed E-state index contributed by atoms with van der Waals surface area (Å²) in [5, 5.41) is 2.36. The Morgan fingerprint density at radius 2 is 2.06 bits per heavy atom. The maximum absolute atomic E-state index is 13.0. The summed E-state index contributed by atoms with van der Waals surface area (Å²) in [6.07, 6.45) is 0. The van der Waals surface area contributed by atoms with E-state index in [1.54, 1.807) is 19.9 Å². The van der Waals surface area contributed by atoms with E-state index in [9.17, 15) is 14.0 Å². The van der Waals surface area contributed by atoms with Gasteiger partial charge in [-0.1, -0.05) is 0 Å². The van der Waals surface area contributed by atoms with Crippen molar-refractivity contribution in [2.45, 2.75) is 13.8 Å². The Kier molecular flexibility index (Phi) is 4.63. The molecule has 1 aromatic rings. The zero-order chi connectivity index (χ0) is 12.8. The van der Waals surface area contributed by atoms with Crippen LogP contribution in [-0.2, 0) is 9.53 Å². The summed E-state index contributed by atoms with van der Waals surface area (Å²) in [5.74, 6) is -1.50. The van der Waals surface area contributed by atoms with Crippen LogP contribution in [0.3, 0.4) is 0 Å². The summed E-state index contributed by atoms with van der Waals surface area (Å²) in [6, 6.07) is 3.99. The quantitative estimate of drug-likeness (QED) is 0.808. The number of rotatable bonds is 4. The van der Waals surface area contributed by atoms with E-state index in [0.717, 1.165) is 6.07 Å². The van der Waals surface area contributed by atoms with E-state index in [1.165, 1.54) is 6.07 Å². The molecule has 1 amide bonds. The van der Waals surface area contributed by atoms with Gasteiger partial charge in [0.05, 0.1) is 6.61 Å². The second-order valence-electron chi connectivity index (χ2n) is 3.50. The Balaban J connectivity index is 2.61. The van der Waals surface area contributed by atoms with Gasteiger partial charge in [0, 0.05) is 5.56 Å². The molecule has 0 bridgehead atoms. The Morgan fingerprint density at radius 1 is 1.35 bits per heavy atom. The van der Waals surface area contributed by atoms with E-state index >= 15 is 0 Å². The van der Waals surface area contributed by atoms with E-state index in [1.807, 2.05) is 0 Å². The molecule has 5 heteroatoms. The monoisotopic (exact) mass is 239 g/mol. The SMILES string of the molecule is CCOC(=O)CNC(=O)c1cc(C)cc(F)c1. The summed E-state index contributed by atoms with van der Waals surface area (Å²) in [7, 11) is 0. The topological polar surface area (TPSA) is 55.4 Å². The molecule has 0 radical (unpaired) electrons. The average molecular weight is 239 g/mol. The fraction of sp³-hybridized carbons (Fsp3) is 0.333. The smallest absolute Gasteiger partial charge is 0.325 e. The highest BCUT2D eigenvalue weighted by atomic mass is 19.1. The molecule has 0 aliphatic heterocycles. The third kappa shape index (κ3) is 4.22. The van der Waals surface area contributed by atoms with Crippen molar-refractivity contribution in [3.63, 3.8) is 0 Å². The van der Waals surface area contributed by atoms with Crippen LogP contribution in [0.5, 0.6) is 0 Å². The highest BCUT2D eigenvalue weighted by Crippen LogP contribution is 2.07. The molecule has 1 N–H and O–H groups in total. The average Bonchev–Trinajstić information content (AvgIpc) is 2.25. The van der Waals surface area contributed by atoms with Gasteiger partial charge in [-0.05, 0) is 37.6 Å². The van der Waals surface area contributed by atoms with Crippen molar-refractivity contribution in [3.05, 3.63) is 35.1 Å². The van der Waals surface area contributed by atoms with Crippen LogP contribution < -0.4 is 5.32 Å². The molecule has 0 aliphatic rings. The van der Waals surface area contributed by atoms with Crippen molar-refractivity contribution in [2.75, 3.05) is 13.2 Å². The number of esters is 1. The highest BCUT2D eigenvalue weighted by Gasteiger charge is 2.09. The third-order valence-corrected chi connectivity index (χ3v) is 2.00. The van der Waals surface area contributed by atoms with Gasteiger partial charge in [-0.25, -0.2) is 4.39 Å². The molecule has 17 heavy (non-hydrogen) atoms. The minimum absolute atomic E-state index is 0.187. The van der Waals surface area contributed by atoms with Crippen LogP contribution in [0.2, 0.25) is 0 Å². The predicted molar refractivity (Wildman–Crippen MR) is 60.1 cm³/mol. The second kappa shape index (κ2) is 5.98. The van der Waals surface area contributed by atoms with E-state index in [4.69, 9.17) is 0 Å². The number of carbonyl (C=O) groups excluding carboxylic acids is 2. The minimum Gasteiger partial charge on any atom is -0.465 e. The largest absolute Gasteiger partial charge is 0.465 e. The van der Waals surface area contributed by atoms with E-state index in [0.29, 0.717) is 5.56 Å².